The lowest BCUT2D eigenvalue weighted by atomic mass is 9.92. The lowest BCUT2D eigenvalue weighted by Crippen LogP contribution is -3.11. The molecule has 1 unspecified atom stereocenters. The number of likely N-dealkylation sites (N-methyl/N-ethyl adjacent to an activating group) is 1. The van der Waals surface area contributed by atoms with Gasteiger partial charge in [0.1, 0.15) is 24.6 Å². The van der Waals surface area contributed by atoms with Crippen molar-refractivity contribution in [1.82, 2.24) is 4.98 Å². The largest absolute Gasteiger partial charge is 0.545 e. The molecule has 8 nitrogen and oxygen atoms in total. The van der Waals surface area contributed by atoms with Gasteiger partial charge in [0.2, 0.25) is 0 Å². The number of pyridine rings is 1. The lowest BCUT2D eigenvalue weighted by molar-refractivity contribution is -0.905. The lowest BCUT2D eigenvalue weighted by Gasteiger charge is -2.29. The summed E-state index contributed by atoms with van der Waals surface area (Å²) in [5.74, 6) is -0.419. The van der Waals surface area contributed by atoms with Crippen molar-refractivity contribution in [3.05, 3.63) is 92.3 Å². The van der Waals surface area contributed by atoms with Crippen LogP contribution in [0.3, 0.4) is 0 Å². The molecule has 0 bridgehead atoms. The minimum Gasteiger partial charge on any atom is -0.545 e. The molecule has 1 aliphatic rings. The second-order valence-corrected chi connectivity index (χ2v) is 8.80. The number of rotatable bonds is 5. The number of carbonyl (C=O) groups excluding carboxylic acids is 1. The predicted molar refractivity (Wildman–Crippen MR) is 130 cm³/mol. The Kier molecular flexibility index (Phi) is 5.84. The second kappa shape index (κ2) is 8.98. The first kappa shape index (κ1) is 22.8. The van der Waals surface area contributed by atoms with E-state index >= 15 is 0 Å². The van der Waals surface area contributed by atoms with Crippen LogP contribution in [0.5, 0.6) is 0 Å². The van der Waals surface area contributed by atoms with Crippen LogP contribution in [0.25, 0.3) is 33.9 Å². The molecule has 2 aromatic heterocycles. The summed E-state index contributed by atoms with van der Waals surface area (Å²) in [4.78, 5) is 29.1. The zero-order chi connectivity index (χ0) is 24.7. The molecular formula is C26H20ClN3O5. The van der Waals surface area contributed by atoms with Crippen LogP contribution in [0.2, 0.25) is 5.02 Å². The Bertz CT molecular complexity index is 1520. The number of nitrogens with zero attached hydrogens (tertiary/aromatic N) is 2. The van der Waals surface area contributed by atoms with E-state index in [-0.39, 0.29) is 16.3 Å². The number of para-hydroxylation sites is 1. The molecule has 4 aromatic rings. The highest BCUT2D eigenvalue weighted by atomic mass is 35.5. The summed E-state index contributed by atoms with van der Waals surface area (Å²) in [5.41, 5.74) is 2.98. The average Bonchev–Trinajstić information content (AvgIpc) is 3.30. The van der Waals surface area contributed by atoms with Crippen molar-refractivity contribution in [1.29, 1.82) is 0 Å². The fourth-order valence-electron chi connectivity index (χ4n) is 4.57. The molecule has 35 heavy (non-hydrogen) atoms. The van der Waals surface area contributed by atoms with Crippen LogP contribution < -0.4 is 10.0 Å². The maximum Gasteiger partial charge on any atom is 0.281 e. The van der Waals surface area contributed by atoms with E-state index in [9.17, 15) is 20.0 Å². The Balaban J connectivity index is 1.64. The molecule has 9 heteroatoms. The van der Waals surface area contributed by atoms with Gasteiger partial charge in [0, 0.05) is 33.2 Å². The molecule has 0 aliphatic carbocycles. The summed E-state index contributed by atoms with van der Waals surface area (Å²) in [5, 5.41) is 24.5. The molecule has 3 heterocycles. The van der Waals surface area contributed by atoms with Crippen molar-refractivity contribution in [3.8, 4) is 11.3 Å². The summed E-state index contributed by atoms with van der Waals surface area (Å²) >= 11 is 5.93. The highest BCUT2D eigenvalue weighted by molar-refractivity contribution is 6.30. The Labute approximate surface area is 205 Å². The normalized spacial score (nSPS) is 16.4. The van der Waals surface area contributed by atoms with Gasteiger partial charge in [-0.3, -0.25) is 10.1 Å². The van der Waals surface area contributed by atoms with Gasteiger partial charge in [0.05, 0.1) is 34.2 Å². The Morgan fingerprint density at radius 3 is 2.74 bits per heavy atom. The van der Waals surface area contributed by atoms with Gasteiger partial charge in [0.25, 0.3) is 5.69 Å². The SMILES string of the molecule is CC[NH+]1C/C(=C\c2ccc(-c3ccc(Cl)cc3[N+](=O)[O-])o2)c2nc3ccccc3c(C(=O)[O-])c2C1. The topological polar surface area (TPSA) is 114 Å². The van der Waals surface area contributed by atoms with Crippen LogP contribution in [-0.4, -0.2) is 29.0 Å². The monoisotopic (exact) mass is 489 g/mol. The molecule has 176 valence electrons. The molecule has 1 atom stereocenters. The van der Waals surface area contributed by atoms with Crippen molar-refractivity contribution in [2.75, 3.05) is 13.1 Å². The van der Waals surface area contributed by atoms with Gasteiger partial charge in [-0.05, 0) is 43.3 Å². The summed E-state index contributed by atoms with van der Waals surface area (Å²) in [6, 6.07) is 14.9. The van der Waals surface area contributed by atoms with Crippen LogP contribution in [0.1, 0.15) is 34.3 Å². The Morgan fingerprint density at radius 2 is 2.00 bits per heavy atom. The maximum absolute atomic E-state index is 12.2. The molecule has 5 rings (SSSR count). The number of nitrogens with one attached hydrogen (secondary N) is 1. The van der Waals surface area contributed by atoms with Crippen molar-refractivity contribution >= 4 is 45.8 Å². The van der Waals surface area contributed by atoms with Crippen molar-refractivity contribution in [2.24, 2.45) is 0 Å². The summed E-state index contributed by atoms with van der Waals surface area (Å²) < 4.78 is 5.96. The quantitative estimate of drug-likeness (QED) is 0.339. The average molecular weight is 490 g/mol. The van der Waals surface area contributed by atoms with Crippen LogP contribution in [0.4, 0.5) is 5.69 Å². The van der Waals surface area contributed by atoms with Crippen LogP contribution in [0, 0.1) is 10.1 Å². The highest BCUT2D eigenvalue weighted by Crippen LogP contribution is 2.35. The number of fused-ring (bicyclic) bond motifs is 2. The molecular weight excluding hydrogens is 470 g/mol. The van der Waals surface area contributed by atoms with E-state index in [0.29, 0.717) is 52.3 Å². The molecule has 0 radical (unpaired) electrons. The van der Waals surface area contributed by atoms with E-state index in [4.69, 9.17) is 21.0 Å². The predicted octanol–water partition coefficient (Wildman–Crippen LogP) is 3.38. The zero-order valence-corrected chi connectivity index (χ0v) is 19.5. The van der Waals surface area contributed by atoms with E-state index in [1.54, 1.807) is 42.5 Å². The van der Waals surface area contributed by atoms with Gasteiger partial charge in [-0.1, -0.05) is 29.8 Å². The number of hydrogen-bond donors (Lipinski definition) is 1. The van der Waals surface area contributed by atoms with Gasteiger partial charge >= 0.3 is 0 Å². The minimum atomic E-state index is -1.23. The number of benzene rings is 2. The third-order valence-electron chi connectivity index (χ3n) is 6.23. The summed E-state index contributed by atoms with van der Waals surface area (Å²) in [6.45, 7) is 3.97. The third-order valence-corrected chi connectivity index (χ3v) is 6.47. The van der Waals surface area contributed by atoms with Crippen molar-refractivity contribution < 1.29 is 24.1 Å². The first-order valence-electron chi connectivity index (χ1n) is 11.1. The fraction of sp³-hybridized carbons (Fsp3) is 0.154. The number of furan rings is 1. The van der Waals surface area contributed by atoms with Gasteiger partial charge in [0.15, 0.2) is 0 Å². The van der Waals surface area contributed by atoms with Crippen LogP contribution in [0.15, 0.2) is 59.0 Å². The Morgan fingerprint density at radius 1 is 1.20 bits per heavy atom. The first-order valence-corrected chi connectivity index (χ1v) is 11.4. The van der Waals surface area contributed by atoms with E-state index in [0.717, 1.165) is 12.1 Å². The number of nitro benzene ring substituents is 1. The molecule has 1 aliphatic heterocycles. The van der Waals surface area contributed by atoms with E-state index in [2.05, 4.69) is 0 Å². The van der Waals surface area contributed by atoms with E-state index in [1.165, 1.54) is 11.0 Å². The molecule has 1 N–H and O–H groups in total. The number of hydrogen-bond acceptors (Lipinski definition) is 6. The van der Waals surface area contributed by atoms with E-state index in [1.807, 2.05) is 19.1 Å². The minimum absolute atomic E-state index is 0.151. The number of carbonyl (C=O) groups is 1. The van der Waals surface area contributed by atoms with Gasteiger partial charge in [-0.25, -0.2) is 4.98 Å². The molecule has 0 amide bonds. The number of quaternary nitrogens is 1. The number of aromatic carboxylic acids is 1. The van der Waals surface area contributed by atoms with Crippen LogP contribution >= 0.6 is 11.6 Å². The molecule has 0 spiro atoms. The van der Waals surface area contributed by atoms with Crippen molar-refractivity contribution in [3.63, 3.8) is 0 Å². The summed E-state index contributed by atoms with van der Waals surface area (Å²) in [6.07, 6.45) is 1.82. The Hall–Kier alpha value is -4.01. The van der Waals surface area contributed by atoms with Gasteiger partial charge < -0.3 is 19.2 Å². The number of carboxylic acids is 1. The number of nitro groups is 1. The standard InChI is InChI=1S/C26H20ClN3O5/c1-2-29-13-15(25-20(14-29)24(26(31)32)18-5-3-4-6-21(18)28-25)11-17-8-10-23(35-17)19-9-7-16(27)12-22(19)30(33)34/h3-12H,2,13-14H2,1H3,(H,31,32)/b15-11+. The molecule has 0 fully saturated rings. The molecule has 0 saturated carbocycles. The highest BCUT2D eigenvalue weighted by Gasteiger charge is 2.29. The molecule has 2 aromatic carbocycles. The first-order chi connectivity index (χ1) is 16.9. The van der Waals surface area contributed by atoms with Crippen molar-refractivity contribution in [2.45, 2.75) is 13.5 Å². The second-order valence-electron chi connectivity index (χ2n) is 8.37. The number of carboxylic acid groups (broad SMARTS) is 1. The number of halogens is 1. The van der Waals surface area contributed by atoms with Gasteiger partial charge in [-0.2, -0.15) is 0 Å². The summed E-state index contributed by atoms with van der Waals surface area (Å²) in [7, 11) is 0. The molecule has 0 saturated heterocycles. The zero-order valence-electron chi connectivity index (χ0n) is 18.7. The fourth-order valence-corrected chi connectivity index (χ4v) is 4.73. The van der Waals surface area contributed by atoms with Crippen LogP contribution in [-0.2, 0) is 6.54 Å². The van der Waals surface area contributed by atoms with E-state index < -0.39 is 10.9 Å². The smallest absolute Gasteiger partial charge is 0.281 e. The maximum atomic E-state index is 12.2. The van der Waals surface area contributed by atoms with Gasteiger partial charge in [-0.15, -0.1) is 0 Å². The third kappa shape index (κ3) is 4.18. The number of aromatic nitrogens is 1.